The van der Waals surface area contributed by atoms with Crippen LogP contribution in [0, 0.1) is 5.41 Å². The molecule has 2 rings (SSSR count). The predicted octanol–water partition coefficient (Wildman–Crippen LogP) is 2.60. The van der Waals surface area contributed by atoms with Gasteiger partial charge in [-0.3, -0.25) is 4.79 Å². The molecule has 0 aromatic carbocycles. The van der Waals surface area contributed by atoms with Gasteiger partial charge in [-0.2, -0.15) is 11.8 Å². The zero-order valence-corrected chi connectivity index (χ0v) is 13.5. The number of carboxylic acid groups (broad SMARTS) is 1. The van der Waals surface area contributed by atoms with E-state index in [1.807, 2.05) is 11.8 Å². The second-order valence-corrected chi connectivity index (χ2v) is 7.67. The Labute approximate surface area is 130 Å². The van der Waals surface area contributed by atoms with Crippen molar-refractivity contribution < 1.29 is 14.7 Å². The minimum atomic E-state index is -0.777. The van der Waals surface area contributed by atoms with Crippen molar-refractivity contribution in [3.05, 3.63) is 0 Å². The lowest BCUT2D eigenvalue weighted by atomic mass is 9.86. The quantitative estimate of drug-likeness (QED) is 0.704. The number of carbonyl (C=O) groups is 2. The first-order valence-corrected chi connectivity index (χ1v) is 9.01. The van der Waals surface area contributed by atoms with Crippen LogP contribution < -0.4 is 10.6 Å². The maximum atomic E-state index is 12.0. The Balaban J connectivity index is 1.80. The van der Waals surface area contributed by atoms with Crippen molar-refractivity contribution >= 4 is 23.8 Å². The van der Waals surface area contributed by atoms with Crippen LogP contribution in [-0.4, -0.2) is 40.7 Å². The number of rotatable bonds is 6. The maximum Gasteiger partial charge on any atom is 0.315 e. The number of nitrogens with one attached hydrogen (secondary N) is 2. The lowest BCUT2D eigenvalue weighted by Gasteiger charge is -2.25. The Kier molecular flexibility index (Phi) is 5.79. The molecule has 0 aliphatic heterocycles. The normalized spacial score (nSPS) is 27.5. The van der Waals surface area contributed by atoms with Gasteiger partial charge in [-0.25, -0.2) is 4.79 Å². The Bertz CT molecular complexity index is 383. The molecule has 2 fully saturated rings. The zero-order valence-electron chi connectivity index (χ0n) is 12.7. The maximum absolute atomic E-state index is 12.0. The average molecular weight is 314 g/mol. The Hall–Kier alpha value is -0.910. The van der Waals surface area contributed by atoms with Gasteiger partial charge in [0.25, 0.3) is 0 Å². The molecule has 5 nitrogen and oxygen atoms in total. The standard InChI is InChI=1S/C15H26N2O3S/c1-2-21-12-7-5-6-11(12)17-14(20)16-10-15(13(18)19)8-3-4-9-15/h11-12H,2-10H2,1H3,(H,18,19)(H2,16,17,20). The van der Waals surface area contributed by atoms with Gasteiger partial charge in [-0.15, -0.1) is 0 Å². The molecule has 0 spiro atoms. The summed E-state index contributed by atoms with van der Waals surface area (Å²) in [4.78, 5) is 23.5. The van der Waals surface area contributed by atoms with Gasteiger partial charge in [0, 0.05) is 17.8 Å². The van der Waals surface area contributed by atoms with Crippen LogP contribution in [0.5, 0.6) is 0 Å². The average Bonchev–Trinajstić information content (AvgIpc) is 3.08. The van der Waals surface area contributed by atoms with E-state index in [4.69, 9.17) is 0 Å². The van der Waals surface area contributed by atoms with E-state index in [0.717, 1.165) is 37.9 Å². The summed E-state index contributed by atoms with van der Waals surface area (Å²) in [6, 6.07) is 0.00966. The van der Waals surface area contributed by atoms with Crippen LogP contribution in [0.4, 0.5) is 4.79 Å². The number of hydrogen-bond donors (Lipinski definition) is 3. The molecule has 120 valence electrons. The monoisotopic (exact) mass is 314 g/mol. The Morgan fingerprint density at radius 1 is 1.24 bits per heavy atom. The van der Waals surface area contributed by atoms with E-state index in [0.29, 0.717) is 18.1 Å². The summed E-state index contributed by atoms with van der Waals surface area (Å²) in [5, 5.41) is 15.7. The van der Waals surface area contributed by atoms with Crippen LogP contribution in [-0.2, 0) is 4.79 Å². The van der Waals surface area contributed by atoms with Crippen molar-refractivity contribution in [2.24, 2.45) is 5.41 Å². The smallest absolute Gasteiger partial charge is 0.315 e. The molecule has 21 heavy (non-hydrogen) atoms. The van der Waals surface area contributed by atoms with Crippen molar-refractivity contribution in [1.29, 1.82) is 0 Å². The number of thioether (sulfide) groups is 1. The molecule has 3 N–H and O–H groups in total. The Morgan fingerprint density at radius 3 is 2.57 bits per heavy atom. The van der Waals surface area contributed by atoms with Crippen LogP contribution in [0.15, 0.2) is 0 Å². The van der Waals surface area contributed by atoms with Gasteiger partial charge in [-0.05, 0) is 31.4 Å². The molecule has 2 unspecified atom stereocenters. The second kappa shape index (κ2) is 7.38. The minimum absolute atomic E-state index is 0.212. The van der Waals surface area contributed by atoms with Gasteiger partial charge in [0.05, 0.1) is 5.41 Å². The van der Waals surface area contributed by atoms with Crippen LogP contribution >= 0.6 is 11.8 Å². The molecule has 2 saturated carbocycles. The molecule has 2 atom stereocenters. The molecule has 0 aromatic heterocycles. The molecule has 0 radical (unpaired) electrons. The fourth-order valence-electron chi connectivity index (χ4n) is 3.49. The van der Waals surface area contributed by atoms with Crippen molar-refractivity contribution in [1.82, 2.24) is 10.6 Å². The third kappa shape index (κ3) is 4.05. The first-order chi connectivity index (χ1) is 10.1. The molecule has 2 aliphatic carbocycles. The second-order valence-electron chi connectivity index (χ2n) is 6.15. The highest BCUT2D eigenvalue weighted by Gasteiger charge is 2.41. The van der Waals surface area contributed by atoms with Gasteiger partial charge in [-0.1, -0.05) is 26.2 Å². The van der Waals surface area contributed by atoms with Crippen LogP contribution in [0.1, 0.15) is 51.9 Å². The van der Waals surface area contributed by atoms with E-state index >= 15 is 0 Å². The summed E-state index contributed by atoms with van der Waals surface area (Å²) >= 11 is 1.90. The molecule has 0 saturated heterocycles. The molecule has 0 aromatic rings. The Morgan fingerprint density at radius 2 is 1.95 bits per heavy atom. The number of amides is 2. The van der Waals surface area contributed by atoms with Gasteiger partial charge in [0.1, 0.15) is 0 Å². The SMILES string of the molecule is CCSC1CCCC1NC(=O)NCC1(C(=O)O)CCCC1. The third-order valence-corrected chi connectivity index (χ3v) is 6.08. The summed E-state index contributed by atoms with van der Waals surface area (Å²) in [5.41, 5.74) is -0.745. The van der Waals surface area contributed by atoms with E-state index in [-0.39, 0.29) is 18.6 Å². The van der Waals surface area contributed by atoms with Crippen molar-refractivity contribution in [3.63, 3.8) is 0 Å². The highest BCUT2D eigenvalue weighted by atomic mass is 32.2. The highest BCUT2D eigenvalue weighted by Crippen LogP contribution is 2.37. The van der Waals surface area contributed by atoms with Gasteiger partial charge < -0.3 is 15.7 Å². The fraction of sp³-hybridized carbons (Fsp3) is 0.867. The molecular formula is C15H26N2O3S. The van der Waals surface area contributed by atoms with Gasteiger partial charge in [0.2, 0.25) is 0 Å². The predicted molar refractivity (Wildman–Crippen MR) is 84.6 cm³/mol. The van der Waals surface area contributed by atoms with E-state index in [1.165, 1.54) is 0 Å². The van der Waals surface area contributed by atoms with E-state index in [9.17, 15) is 14.7 Å². The van der Waals surface area contributed by atoms with Gasteiger partial charge >= 0.3 is 12.0 Å². The summed E-state index contributed by atoms with van der Waals surface area (Å²) in [6.45, 7) is 2.38. The largest absolute Gasteiger partial charge is 0.481 e. The molecule has 0 bridgehead atoms. The topological polar surface area (TPSA) is 78.4 Å². The van der Waals surface area contributed by atoms with E-state index in [2.05, 4.69) is 17.6 Å². The first-order valence-electron chi connectivity index (χ1n) is 7.97. The third-order valence-electron chi connectivity index (χ3n) is 4.75. The summed E-state index contributed by atoms with van der Waals surface area (Å²) in [6.07, 6.45) is 6.54. The fourth-order valence-corrected chi connectivity index (χ4v) is 4.69. The number of hydrogen-bond acceptors (Lipinski definition) is 3. The van der Waals surface area contributed by atoms with E-state index in [1.54, 1.807) is 0 Å². The van der Waals surface area contributed by atoms with Crippen LogP contribution in [0.2, 0.25) is 0 Å². The van der Waals surface area contributed by atoms with E-state index < -0.39 is 11.4 Å². The van der Waals surface area contributed by atoms with Crippen LogP contribution in [0.3, 0.4) is 0 Å². The zero-order chi connectivity index (χ0) is 15.3. The number of carboxylic acids is 1. The number of urea groups is 1. The molecular weight excluding hydrogens is 288 g/mol. The van der Waals surface area contributed by atoms with Crippen molar-refractivity contribution in [3.8, 4) is 0 Å². The minimum Gasteiger partial charge on any atom is -0.481 e. The van der Waals surface area contributed by atoms with Gasteiger partial charge in [0.15, 0.2) is 0 Å². The molecule has 6 heteroatoms. The highest BCUT2D eigenvalue weighted by molar-refractivity contribution is 7.99. The number of carbonyl (C=O) groups excluding carboxylic acids is 1. The number of aliphatic carboxylic acids is 1. The molecule has 0 heterocycles. The lowest BCUT2D eigenvalue weighted by Crippen LogP contribution is -2.49. The van der Waals surface area contributed by atoms with Crippen molar-refractivity contribution in [2.45, 2.75) is 63.2 Å². The lowest BCUT2D eigenvalue weighted by molar-refractivity contribution is -0.148. The molecule has 2 aliphatic rings. The summed E-state index contributed by atoms with van der Waals surface area (Å²) in [5.74, 6) is 0.285. The summed E-state index contributed by atoms with van der Waals surface area (Å²) < 4.78 is 0. The summed E-state index contributed by atoms with van der Waals surface area (Å²) in [7, 11) is 0. The van der Waals surface area contributed by atoms with Crippen molar-refractivity contribution in [2.75, 3.05) is 12.3 Å². The first kappa shape index (κ1) is 16.5. The molecule has 2 amide bonds. The van der Waals surface area contributed by atoms with Crippen LogP contribution in [0.25, 0.3) is 0 Å².